The minimum atomic E-state index is -0.334. The molecule has 0 amide bonds. The van der Waals surface area contributed by atoms with Crippen molar-refractivity contribution in [3.63, 3.8) is 0 Å². The molecule has 2 heteroatoms. The highest BCUT2D eigenvalue weighted by Crippen LogP contribution is 2.61. The van der Waals surface area contributed by atoms with Crippen molar-refractivity contribution < 1.29 is 9.53 Å². The van der Waals surface area contributed by atoms with E-state index in [0.717, 1.165) is 31.1 Å². The molecule has 128 valence electrons. The van der Waals surface area contributed by atoms with Crippen LogP contribution in [-0.4, -0.2) is 13.1 Å². The molecule has 4 atom stereocenters. The standard InChI is InChI=1S/C21H32O2/c1-14(2)15-7-9-17-16(13-15)8-10-18-20(17,3)11-6-12-21(18,4)19(22)23-5/h8-9,14-15,18H,6-7,10-13H2,1-5H3/t15-,18+,20+,21-/m0/s1. The molecular formula is C21H32O2. The highest BCUT2D eigenvalue weighted by Gasteiger charge is 2.56. The summed E-state index contributed by atoms with van der Waals surface area (Å²) < 4.78 is 5.19. The van der Waals surface area contributed by atoms with E-state index in [1.165, 1.54) is 26.4 Å². The predicted molar refractivity (Wildman–Crippen MR) is 93.9 cm³/mol. The fraction of sp³-hybridized carbons (Fsp3) is 0.762. The molecule has 23 heavy (non-hydrogen) atoms. The molecule has 0 spiro atoms. The van der Waals surface area contributed by atoms with Crippen LogP contribution in [0.4, 0.5) is 0 Å². The first-order chi connectivity index (χ1) is 10.8. The van der Waals surface area contributed by atoms with E-state index in [1.54, 1.807) is 11.1 Å². The molecule has 3 aliphatic carbocycles. The maximum Gasteiger partial charge on any atom is 0.311 e. The zero-order valence-corrected chi connectivity index (χ0v) is 15.4. The number of methoxy groups -OCH3 is 1. The summed E-state index contributed by atoms with van der Waals surface area (Å²) in [4.78, 5) is 12.5. The van der Waals surface area contributed by atoms with E-state index in [1.807, 2.05) is 0 Å². The first-order valence-electron chi connectivity index (χ1n) is 9.31. The van der Waals surface area contributed by atoms with Gasteiger partial charge in [-0.25, -0.2) is 0 Å². The van der Waals surface area contributed by atoms with Crippen LogP contribution < -0.4 is 0 Å². The largest absolute Gasteiger partial charge is 0.469 e. The van der Waals surface area contributed by atoms with Crippen LogP contribution in [-0.2, 0) is 9.53 Å². The fourth-order valence-corrected chi connectivity index (χ4v) is 5.63. The highest BCUT2D eigenvalue weighted by atomic mass is 16.5. The number of hydrogen-bond acceptors (Lipinski definition) is 2. The molecule has 3 aliphatic rings. The van der Waals surface area contributed by atoms with E-state index in [9.17, 15) is 4.79 Å². The lowest BCUT2D eigenvalue weighted by molar-refractivity contribution is -0.162. The van der Waals surface area contributed by atoms with Crippen LogP contribution in [0.3, 0.4) is 0 Å². The Morgan fingerprint density at radius 3 is 2.61 bits per heavy atom. The minimum absolute atomic E-state index is 0.0123. The van der Waals surface area contributed by atoms with Gasteiger partial charge >= 0.3 is 5.97 Å². The highest BCUT2D eigenvalue weighted by molar-refractivity contribution is 5.77. The summed E-state index contributed by atoms with van der Waals surface area (Å²) in [6, 6.07) is 0. The van der Waals surface area contributed by atoms with E-state index in [4.69, 9.17) is 4.74 Å². The summed E-state index contributed by atoms with van der Waals surface area (Å²) in [5.41, 5.74) is 2.94. The van der Waals surface area contributed by atoms with Crippen molar-refractivity contribution in [2.24, 2.45) is 28.6 Å². The molecule has 0 radical (unpaired) electrons. The SMILES string of the molecule is COC(=O)[C@@]1(C)CCC[C@]2(C)C3=CC[C@H](C(C)C)CC3=CC[C@@H]12. The maximum atomic E-state index is 12.5. The quantitative estimate of drug-likeness (QED) is 0.647. The minimum Gasteiger partial charge on any atom is -0.469 e. The molecule has 0 bridgehead atoms. The van der Waals surface area contributed by atoms with Gasteiger partial charge < -0.3 is 4.74 Å². The number of hydrogen-bond donors (Lipinski definition) is 0. The topological polar surface area (TPSA) is 26.3 Å². The maximum absolute atomic E-state index is 12.5. The molecule has 1 fully saturated rings. The molecule has 1 saturated carbocycles. The van der Waals surface area contributed by atoms with E-state index in [2.05, 4.69) is 39.8 Å². The fourth-order valence-electron chi connectivity index (χ4n) is 5.63. The van der Waals surface area contributed by atoms with Gasteiger partial charge in [0.25, 0.3) is 0 Å². The van der Waals surface area contributed by atoms with Crippen molar-refractivity contribution in [3.05, 3.63) is 23.3 Å². The number of ether oxygens (including phenoxy) is 1. The van der Waals surface area contributed by atoms with Crippen LogP contribution in [0.25, 0.3) is 0 Å². The van der Waals surface area contributed by atoms with Crippen molar-refractivity contribution in [2.75, 3.05) is 7.11 Å². The number of esters is 1. The Kier molecular flexibility index (Phi) is 4.23. The number of allylic oxidation sites excluding steroid dienone is 4. The van der Waals surface area contributed by atoms with Crippen molar-refractivity contribution >= 4 is 5.97 Å². The van der Waals surface area contributed by atoms with Crippen LogP contribution in [0, 0.1) is 28.6 Å². The van der Waals surface area contributed by atoms with Crippen LogP contribution in [0.1, 0.15) is 66.2 Å². The summed E-state index contributed by atoms with van der Waals surface area (Å²) in [6.07, 6.45) is 11.7. The second-order valence-electron chi connectivity index (χ2n) is 8.76. The van der Waals surface area contributed by atoms with Crippen molar-refractivity contribution in [1.82, 2.24) is 0 Å². The summed E-state index contributed by atoms with van der Waals surface area (Å²) in [7, 11) is 1.54. The molecule has 0 unspecified atom stereocenters. The number of rotatable bonds is 2. The second-order valence-corrected chi connectivity index (χ2v) is 8.76. The predicted octanol–water partition coefficient (Wildman–Crippen LogP) is 5.29. The van der Waals surface area contributed by atoms with E-state index in [-0.39, 0.29) is 16.8 Å². The molecule has 2 nitrogen and oxygen atoms in total. The summed E-state index contributed by atoms with van der Waals surface area (Å²) >= 11 is 0. The summed E-state index contributed by atoms with van der Waals surface area (Å²) in [6.45, 7) is 9.23. The Morgan fingerprint density at radius 2 is 1.96 bits per heavy atom. The molecular weight excluding hydrogens is 284 g/mol. The van der Waals surface area contributed by atoms with Crippen LogP contribution in [0.2, 0.25) is 0 Å². The second kappa shape index (κ2) is 5.79. The molecule has 3 rings (SSSR count). The molecule has 0 saturated heterocycles. The Labute approximate surface area is 141 Å². The van der Waals surface area contributed by atoms with Gasteiger partial charge in [0.05, 0.1) is 12.5 Å². The first kappa shape index (κ1) is 16.8. The van der Waals surface area contributed by atoms with Gasteiger partial charge in [0.1, 0.15) is 0 Å². The van der Waals surface area contributed by atoms with Gasteiger partial charge in [-0.05, 0) is 73.3 Å². The molecule has 0 aliphatic heterocycles. The van der Waals surface area contributed by atoms with Gasteiger partial charge in [-0.1, -0.05) is 39.3 Å². The average molecular weight is 316 g/mol. The Balaban J connectivity index is 1.98. The van der Waals surface area contributed by atoms with Gasteiger partial charge in [0.15, 0.2) is 0 Å². The Morgan fingerprint density at radius 1 is 1.22 bits per heavy atom. The number of carbonyl (C=O) groups is 1. The third-order valence-corrected chi connectivity index (χ3v) is 7.19. The number of carbonyl (C=O) groups excluding carboxylic acids is 1. The molecule has 0 N–H and O–H groups in total. The summed E-state index contributed by atoms with van der Waals surface area (Å²) in [5, 5.41) is 0. The summed E-state index contributed by atoms with van der Waals surface area (Å²) in [5.74, 6) is 1.88. The van der Waals surface area contributed by atoms with E-state index >= 15 is 0 Å². The average Bonchev–Trinajstić information content (AvgIpc) is 2.53. The lowest BCUT2D eigenvalue weighted by atomic mass is 9.49. The molecule has 0 aromatic heterocycles. The Hall–Kier alpha value is -1.05. The van der Waals surface area contributed by atoms with Crippen LogP contribution >= 0.6 is 0 Å². The van der Waals surface area contributed by atoms with Crippen molar-refractivity contribution in [1.29, 1.82) is 0 Å². The van der Waals surface area contributed by atoms with Gasteiger partial charge in [-0.3, -0.25) is 4.79 Å². The van der Waals surface area contributed by atoms with Gasteiger partial charge in [0, 0.05) is 0 Å². The molecule has 0 aromatic rings. The van der Waals surface area contributed by atoms with E-state index in [0.29, 0.717) is 5.92 Å². The van der Waals surface area contributed by atoms with Crippen LogP contribution in [0.15, 0.2) is 23.3 Å². The normalized spacial score (nSPS) is 39.9. The lowest BCUT2D eigenvalue weighted by Gasteiger charge is -2.55. The first-order valence-corrected chi connectivity index (χ1v) is 9.31. The lowest BCUT2D eigenvalue weighted by Crippen LogP contribution is -2.51. The molecule has 0 aromatic carbocycles. The van der Waals surface area contributed by atoms with Gasteiger partial charge in [-0.2, -0.15) is 0 Å². The van der Waals surface area contributed by atoms with Crippen molar-refractivity contribution in [2.45, 2.75) is 66.2 Å². The third-order valence-electron chi connectivity index (χ3n) is 7.19. The molecule has 0 heterocycles. The zero-order valence-electron chi connectivity index (χ0n) is 15.4. The number of fused-ring (bicyclic) bond motifs is 3. The van der Waals surface area contributed by atoms with Gasteiger partial charge in [0.2, 0.25) is 0 Å². The Bertz CT molecular complexity index is 556. The van der Waals surface area contributed by atoms with Crippen molar-refractivity contribution in [3.8, 4) is 0 Å². The van der Waals surface area contributed by atoms with E-state index < -0.39 is 0 Å². The van der Waals surface area contributed by atoms with Gasteiger partial charge in [-0.15, -0.1) is 0 Å². The smallest absolute Gasteiger partial charge is 0.311 e. The third kappa shape index (κ3) is 2.49. The van der Waals surface area contributed by atoms with Crippen LogP contribution in [0.5, 0.6) is 0 Å². The zero-order chi connectivity index (χ0) is 16.8. The monoisotopic (exact) mass is 316 g/mol.